The van der Waals surface area contributed by atoms with E-state index >= 15 is 0 Å². The first-order valence-electron chi connectivity index (χ1n) is 10.2. The molecule has 0 aliphatic carbocycles. The van der Waals surface area contributed by atoms with Crippen LogP contribution in [0.15, 0.2) is 57.9 Å². The Bertz CT molecular complexity index is 1050. The minimum Gasteiger partial charge on any atom is -0.479 e. The first-order chi connectivity index (χ1) is 14.5. The van der Waals surface area contributed by atoms with E-state index in [4.69, 9.17) is 18.6 Å². The molecule has 0 N–H and O–H groups in total. The van der Waals surface area contributed by atoms with Crippen molar-refractivity contribution in [2.75, 3.05) is 6.61 Å². The molecule has 1 atom stereocenters. The lowest BCUT2D eigenvalue weighted by Gasteiger charge is -2.16. The Balaban J connectivity index is 1.79. The lowest BCUT2D eigenvalue weighted by atomic mass is 10.2. The van der Waals surface area contributed by atoms with Crippen molar-refractivity contribution in [2.45, 2.75) is 46.1 Å². The molecule has 0 fully saturated rings. The van der Waals surface area contributed by atoms with Crippen molar-refractivity contribution >= 4 is 16.9 Å². The monoisotopic (exact) mass is 410 g/mol. The molecule has 1 heterocycles. The molecule has 0 aliphatic heterocycles. The fourth-order valence-corrected chi connectivity index (χ4v) is 2.91. The van der Waals surface area contributed by atoms with E-state index in [9.17, 15) is 9.59 Å². The van der Waals surface area contributed by atoms with Gasteiger partial charge in [-0.1, -0.05) is 32.9 Å². The van der Waals surface area contributed by atoms with Crippen LogP contribution in [0.2, 0.25) is 0 Å². The van der Waals surface area contributed by atoms with E-state index in [-0.39, 0.29) is 11.2 Å². The first-order valence-corrected chi connectivity index (χ1v) is 10.2. The van der Waals surface area contributed by atoms with Gasteiger partial charge in [0.25, 0.3) is 0 Å². The molecular weight excluding hydrogens is 384 g/mol. The molecule has 3 aromatic rings. The summed E-state index contributed by atoms with van der Waals surface area (Å²) in [6, 6.07) is 12.4. The first kappa shape index (κ1) is 21.4. The number of hydrogen-bond acceptors (Lipinski definition) is 6. The van der Waals surface area contributed by atoms with Crippen LogP contribution in [0.25, 0.3) is 11.0 Å². The Labute approximate surface area is 175 Å². The van der Waals surface area contributed by atoms with Gasteiger partial charge in [-0.2, -0.15) is 0 Å². The van der Waals surface area contributed by atoms with Crippen LogP contribution in [0.1, 0.15) is 39.2 Å². The van der Waals surface area contributed by atoms with Gasteiger partial charge >= 0.3 is 5.97 Å². The summed E-state index contributed by atoms with van der Waals surface area (Å²) in [5.41, 5.74) is 1.25. The lowest BCUT2D eigenvalue weighted by molar-refractivity contribution is -0.152. The van der Waals surface area contributed by atoms with Gasteiger partial charge in [0.1, 0.15) is 23.3 Å². The third-order valence-electron chi connectivity index (χ3n) is 4.63. The molecule has 30 heavy (non-hydrogen) atoms. The third kappa shape index (κ3) is 5.00. The number of hydrogen-bond donors (Lipinski definition) is 0. The van der Waals surface area contributed by atoms with Crippen LogP contribution in [0.4, 0.5) is 0 Å². The van der Waals surface area contributed by atoms with Crippen LogP contribution in [0.3, 0.4) is 0 Å². The second-order valence-corrected chi connectivity index (χ2v) is 6.87. The van der Waals surface area contributed by atoms with Crippen molar-refractivity contribution in [2.24, 2.45) is 0 Å². The number of aryl methyl sites for hydroxylation is 1. The second kappa shape index (κ2) is 9.96. The molecule has 0 saturated heterocycles. The summed E-state index contributed by atoms with van der Waals surface area (Å²) in [4.78, 5) is 24.8. The minimum absolute atomic E-state index is 0.106. The zero-order valence-electron chi connectivity index (χ0n) is 17.5. The molecular formula is C24H26O6. The summed E-state index contributed by atoms with van der Waals surface area (Å²) in [6.45, 7) is 6.20. The van der Waals surface area contributed by atoms with Crippen molar-refractivity contribution in [3.05, 3.63) is 64.5 Å². The van der Waals surface area contributed by atoms with Gasteiger partial charge < -0.3 is 18.6 Å². The van der Waals surface area contributed by atoms with Gasteiger partial charge in [-0.15, -0.1) is 0 Å². The molecule has 0 aliphatic rings. The Hall–Kier alpha value is -3.28. The maximum atomic E-state index is 12.8. The highest BCUT2D eigenvalue weighted by molar-refractivity contribution is 5.79. The molecule has 1 aromatic heterocycles. The van der Waals surface area contributed by atoms with Gasteiger partial charge in [-0.05, 0) is 49.1 Å². The Kier molecular flexibility index (Phi) is 7.12. The standard InChI is InChI=1S/C24H26O6/c1-4-13-27-24(26)20(6-3)30-18-11-12-19-21(14-18)28-15-22(23(19)25)29-17-9-7-16(5-2)8-10-17/h7-12,14-15,20H,4-6,13H2,1-3H3/t20-/m1/s1. The van der Waals surface area contributed by atoms with Crippen molar-refractivity contribution in [3.63, 3.8) is 0 Å². The normalized spacial score (nSPS) is 11.8. The summed E-state index contributed by atoms with van der Waals surface area (Å²) < 4.78 is 22.2. The van der Waals surface area contributed by atoms with Gasteiger partial charge in [0.2, 0.25) is 11.2 Å². The van der Waals surface area contributed by atoms with Crippen molar-refractivity contribution in [3.8, 4) is 17.2 Å². The highest BCUT2D eigenvalue weighted by Crippen LogP contribution is 2.25. The highest BCUT2D eigenvalue weighted by atomic mass is 16.6. The van der Waals surface area contributed by atoms with Gasteiger partial charge in [0, 0.05) is 6.07 Å². The molecule has 158 valence electrons. The predicted octanol–water partition coefficient (Wildman–Crippen LogP) is 5.26. The molecule has 0 amide bonds. The molecule has 0 saturated carbocycles. The molecule has 0 radical (unpaired) electrons. The smallest absolute Gasteiger partial charge is 0.347 e. The fourth-order valence-electron chi connectivity index (χ4n) is 2.91. The highest BCUT2D eigenvalue weighted by Gasteiger charge is 2.20. The van der Waals surface area contributed by atoms with Crippen molar-refractivity contribution < 1.29 is 23.4 Å². The van der Waals surface area contributed by atoms with Gasteiger partial charge in [-0.25, -0.2) is 4.79 Å². The predicted molar refractivity (Wildman–Crippen MR) is 114 cm³/mol. The SMILES string of the molecule is CCCOC(=O)[C@@H](CC)Oc1ccc2c(=O)c(Oc3ccc(CC)cc3)coc2c1. The van der Waals surface area contributed by atoms with Crippen LogP contribution >= 0.6 is 0 Å². The Morgan fingerprint density at radius 2 is 1.77 bits per heavy atom. The Morgan fingerprint density at radius 3 is 2.43 bits per heavy atom. The third-order valence-corrected chi connectivity index (χ3v) is 4.63. The molecule has 3 rings (SSSR count). The minimum atomic E-state index is -0.713. The summed E-state index contributed by atoms with van der Waals surface area (Å²) >= 11 is 0. The number of fused-ring (bicyclic) bond motifs is 1. The summed E-state index contributed by atoms with van der Waals surface area (Å²) in [6.07, 6.45) is 2.71. The average molecular weight is 410 g/mol. The lowest BCUT2D eigenvalue weighted by Crippen LogP contribution is -2.28. The van der Waals surface area contributed by atoms with E-state index < -0.39 is 12.1 Å². The van der Waals surface area contributed by atoms with E-state index in [0.717, 1.165) is 12.8 Å². The van der Waals surface area contributed by atoms with Crippen LogP contribution in [0.5, 0.6) is 17.2 Å². The van der Waals surface area contributed by atoms with E-state index in [2.05, 4.69) is 6.92 Å². The van der Waals surface area contributed by atoms with Gasteiger partial charge in [0.05, 0.1) is 12.0 Å². The fraction of sp³-hybridized carbons (Fsp3) is 0.333. The quantitative estimate of drug-likeness (QED) is 0.448. The average Bonchev–Trinajstić information content (AvgIpc) is 2.78. The van der Waals surface area contributed by atoms with Crippen LogP contribution in [-0.4, -0.2) is 18.7 Å². The topological polar surface area (TPSA) is 75.0 Å². The molecule has 0 unspecified atom stereocenters. The van der Waals surface area contributed by atoms with E-state index in [0.29, 0.717) is 35.5 Å². The molecule has 2 aromatic carbocycles. The number of ether oxygens (including phenoxy) is 3. The molecule has 0 spiro atoms. The molecule has 6 nitrogen and oxygen atoms in total. The van der Waals surface area contributed by atoms with Gasteiger partial charge in [0.15, 0.2) is 6.10 Å². The molecule has 0 bridgehead atoms. The number of carbonyl (C=O) groups excluding carboxylic acids is 1. The number of rotatable bonds is 9. The van der Waals surface area contributed by atoms with E-state index in [1.807, 2.05) is 38.1 Å². The van der Waals surface area contributed by atoms with Crippen molar-refractivity contribution in [1.82, 2.24) is 0 Å². The summed E-state index contributed by atoms with van der Waals surface area (Å²) in [5.74, 6) is 0.693. The maximum absolute atomic E-state index is 12.8. The maximum Gasteiger partial charge on any atom is 0.347 e. The summed E-state index contributed by atoms with van der Waals surface area (Å²) in [5, 5.41) is 0.367. The summed E-state index contributed by atoms with van der Waals surface area (Å²) in [7, 11) is 0. The van der Waals surface area contributed by atoms with E-state index in [1.54, 1.807) is 18.2 Å². The second-order valence-electron chi connectivity index (χ2n) is 6.87. The molecule has 6 heteroatoms. The van der Waals surface area contributed by atoms with E-state index in [1.165, 1.54) is 11.8 Å². The Morgan fingerprint density at radius 1 is 1.03 bits per heavy atom. The number of carbonyl (C=O) groups is 1. The zero-order valence-corrected chi connectivity index (χ0v) is 17.5. The van der Waals surface area contributed by atoms with Crippen LogP contribution < -0.4 is 14.9 Å². The zero-order chi connectivity index (χ0) is 21.5. The number of esters is 1. The van der Waals surface area contributed by atoms with Crippen LogP contribution in [-0.2, 0) is 16.0 Å². The van der Waals surface area contributed by atoms with Gasteiger partial charge in [-0.3, -0.25) is 4.79 Å². The van der Waals surface area contributed by atoms with Crippen LogP contribution in [0, 0.1) is 0 Å². The largest absolute Gasteiger partial charge is 0.479 e. The number of benzene rings is 2. The van der Waals surface area contributed by atoms with Crippen molar-refractivity contribution in [1.29, 1.82) is 0 Å².